The average Bonchev–Trinajstić information content (AvgIpc) is 2.14. The zero-order valence-corrected chi connectivity index (χ0v) is 5.26. The Kier molecular flexibility index (Phi) is 1.86. The van der Waals surface area contributed by atoms with Crippen molar-refractivity contribution in [3.05, 3.63) is 7.05 Å². The highest BCUT2D eigenvalue weighted by molar-refractivity contribution is 4.69. The summed E-state index contributed by atoms with van der Waals surface area (Å²) in [5.74, 6) is 0. The standard InChI is InChI=1S/C6H12NO/c1-7-5-3-4-6(7)8-2/h6H,1,3-5H2,2H3. The van der Waals surface area contributed by atoms with Crippen LogP contribution in [0.5, 0.6) is 0 Å². The van der Waals surface area contributed by atoms with Gasteiger partial charge in [0.15, 0.2) is 0 Å². The molecule has 1 rings (SSSR count). The third-order valence-corrected chi connectivity index (χ3v) is 1.58. The van der Waals surface area contributed by atoms with Gasteiger partial charge in [0.05, 0.1) is 0 Å². The van der Waals surface area contributed by atoms with Crippen LogP contribution >= 0.6 is 0 Å². The van der Waals surface area contributed by atoms with Crippen LogP contribution < -0.4 is 0 Å². The van der Waals surface area contributed by atoms with Crippen LogP contribution in [0.25, 0.3) is 0 Å². The van der Waals surface area contributed by atoms with E-state index in [4.69, 9.17) is 4.74 Å². The van der Waals surface area contributed by atoms with Gasteiger partial charge in [0, 0.05) is 20.7 Å². The van der Waals surface area contributed by atoms with Crippen LogP contribution in [0.15, 0.2) is 0 Å². The molecular formula is C6H12NO. The second kappa shape index (κ2) is 2.46. The van der Waals surface area contributed by atoms with Crippen LogP contribution in [0.3, 0.4) is 0 Å². The van der Waals surface area contributed by atoms with Gasteiger partial charge in [-0.1, -0.05) is 0 Å². The molecule has 0 aromatic heterocycles. The second-order valence-corrected chi connectivity index (χ2v) is 2.14. The fraction of sp³-hybridized carbons (Fsp3) is 0.833. The van der Waals surface area contributed by atoms with Crippen molar-refractivity contribution in [1.29, 1.82) is 0 Å². The fourth-order valence-corrected chi connectivity index (χ4v) is 1.06. The van der Waals surface area contributed by atoms with Gasteiger partial charge < -0.3 is 4.74 Å². The highest BCUT2D eigenvalue weighted by atomic mass is 16.5. The minimum absolute atomic E-state index is 0.287. The van der Waals surface area contributed by atoms with E-state index in [1.807, 2.05) is 4.90 Å². The molecule has 0 aliphatic carbocycles. The summed E-state index contributed by atoms with van der Waals surface area (Å²) >= 11 is 0. The molecule has 2 heteroatoms. The summed E-state index contributed by atoms with van der Waals surface area (Å²) in [6, 6.07) is 0. The van der Waals surface area contributed by atoms with Gasteiger partial charge in [0.25, 0.3) is 0 Å². The monoisotopic (exact) mass is 114 g/mol. The van der Waals surface area contributed by atoms with E-state index in [1.165, 1.54) is 6.42 Å². The van der Waals surface area contributed by atoms with E-state index < -0.39 is 0 Å². The van der Waals surface area contributed by atoms with Crippen molar-refractivity contribution in [3.63, 3.8) is 0 Å². The minimum atomic E-state index is 0.287. The SMILES string of the molecule is [CH2]N1CCCC1OC. The molecule has 1 atom stereocenters. The highest BCUT2D eigenvalue weighted by Gasteiger charge is 2.19. The number of nitrogens with zero attached hydrogens (tertiary/aromatic N) is 1. The molecule has 1 saturated heterocycles. The number of methoxy groups -OCH3 is 1. The fourth-order valence-electron chi connectivity index (χ4n) is 1.06. The zero-order chi connectivity index (χ0) is 5.98. The molecule has 47 valence electrons. The lowest BCUT2D eigenvalue weighted by Crippen LogP contribution is -2.23. The Labute approximate surface area is 50.4 Å². The van der Waals surface area contributed by atoms with Gasteiger partial charge in [0.2, 0.25) is 0 Å². The molecule has 0 N–H and O–H groups in total. The first kappa shape index (κ1) is 6.05. The molecule has 1 unspecified atom stereocenters. The van der Waals surface area contributed by atoms with E-state index in [0.29, 0.717) is 0 Å². The molecule has 2 nitrogen and oxygen atoms in total. The maximum absolute atomic E-state index is 5.09. The molecule has 0 aromatic carbocycles. The van der Waals surface area contributed by atoms with E-state index in [2.05, 4.69) is 7.05 Å². The summed E-state index contributed by atoms with van der Waals surface area (Å²) in [6.07, 6.45) is 2.65. The van der Waals surface area contributed by atoms with Crippen LogP contribution in [0.1, 0.15) is 12.8 Å². The van der Waals surface area contributed by atoms with E-state index in [1.54, 1.807) is 7.11 Å². The third-order valence-electron chi connectivity index (χ3n) is 1.58. The van der Waals surface area contributed by atoms with E-state index in [9.17, 15) is 0 Å². The molecule has 0 amide bonds. The van der Waals surface area contributed by atoms with Crippen LogP contribution in [0.4, 0.5) is 0 Å². The Morgan fingerprint density at radius 3 is 2.75 bits per heavy atom. The third kappa shape index (κ3) is 1.01. The van der Waals surface area contributed by atoms with Gasteiger partial charge in [-0.3, -0.25) is 4.90 Å². The van der Waals surface area contributed by atoms with E-state index >= 15 is 0 Å². The molecule has 0 bridgehead atoms. The second-order valence-electron chi connectivity index (χ2n) is 2.14. The van der Waals surface area contributed by atoms with E-state index in [-0.39, 0.29) is 6.23 Å². The maximum atomic E-state index is 5.09. The Morgan fingerprint density at radius 1 is 1.75 bits per heavy atom. The Hall–Kier alpha value is -0.0800. The topological polar surface area (TPSA) is 12.5 Å². The number of hydrogen-bond acceptors (Lipinski definition) is 2. The minimum Gasteiger partial charge on any atom is -0.366 e. The largest absolute Gasteiger partial charge is 0.366 e. The van der Waals surface area contributed by atoms with Gasteiger partial charge in [-0.25, -0.2) is 0 Å². The van der Waals surface area contributed by atoms with Crippen molar-refractivity contribution in [2.45, 2.75) is 19.1 Å². The molecule has 8 heavy (non-hydrogen) atoms. The lowest BCUT2D eigenvalue weighted by molar-refractivity contribution is 0.0205. The molecule has 0 aromatic rings. The van der Waals surface area contributed by atoms with Gasteiger partial charge in [-0.05, 0) is 12.8 Å². The molecule has 0 spiro atoms. The smallest absolute Gasteiger partial charge is 0.110 e. The summed E-state index contributed by atoms with van der Waals surface area (Å²) < 4.78 is 5.09. The highest BCUT2D eigenvalue weighted by Crippen LogP contribution is 2.14. The summed E-state index contributed by atoms with van der Waals surface area (Å²) in [7, 11) is 5.53. The van der Waals surface area contributed by atoms with Crippen LogP contribution in [-0.2, 0) is 4.74 Å². The molecule has 0 saturated carbocycles. The lowest BCUT2D eigenvalue weighted by Gasteiger charge is -2.15. The first-order valence-corrected chi connectivity index (χ1v) is 2.94. The Balaban J connectivity index is 2.30. The Morgan fingerprint density at radius 2 is 2.50 bits per heavy atom. The normalized spacial score (nSPS) is 31.5. The zero-order valence-electron chi connectivity index (χ0n) is 5.26. The first-order valence-electron chi connectivity index (χ1n) is 2.94. The van der Waals surface area contributed by atoms with Gasteiger partial charge >= 0.3 is 0 Å². The van der Waals surface area contributed by atoms with Gasteiger partial charge in [-0.2, -0.15) is 0 Å². The number of rotatable bonds is 1. The lowest BCUT2D eigenvalue weighted by atomic mass is 10.4. The predicted octanol–water partition coefficient (Wildman–Crippen LogP) is 0.846. The molecule has 1 heterocycles. The van der Waals surface area contributed by atoms with Crippen molar-refractivity contribution < 1.29 is 4.74 Å². The predicted molar refractivity (Wildman–Crippen MR) is 32.1 cm³/mol. The van der Waals surface area contributed by atoms with Crippen molar-refractivity contribution in [3.8, 4) is 0 Å². The van der Waals surface area contributed by atoms with Crippen LogP contribution in [-0.4, -0.2) is 24.8 Å². The molecular weight excluding hydrogens is 102 g/mol. The van der Waals surface area contributed by atoms with Crippen molar-refractivity contribution >= 4 is 0 Å². The van der Waals surface area contributed by atoms with Crippen molar-refractivity contribution in [2.24, 2.45) is 0 Å². The van der Waals surface area contributed by atoms with Crippen molar-refractivity contribution in [1.82, 2.24) is 4.90 Å². The quantitative estimate of drug-likeness (QED) is 0.501. The molecule has 1 aliphatic heterocycles. The van der Waals surface area contributed by atoms with Crippen molar-refractivity contribution in [2.75, 3.05) is 13.7 Å². The van der Waals surface area contributed by atoms with Gasteiger partial charge in [-0.15, -0.1) is 0 Å². The first-order chi connectivity index (χ1) is 3.84. The Bertz CT molecular complexity index is 74.9. The van der Waals surface area contributed by atoms with E-state index in [0.717, 1.165) is 13.0 Å². The molecule has 1 radical (unpaired) electrons. The summed E-state index contributed by atoms with van der Waals surface area (Å²) in [6.45, 7) is 1.08. The molecule has 1 aliphatic rings. The maximum Gasteiger partial charge on any atom is 0.110 e. The molecule has 1 fully saturated rings. The number of ether oxygens (including phenoxy) is 1. The summed E-state index contributed by atoms with van der Waals surface area (Å²) in [5, 5.41) is 0. The summed E-state index contributed by atoms with van der Waals surface area (Å²) in [5.41, 5.74) is 0. The number of hydrogen-bond donors (Lipinski definition) is 0. The van der Waals surface area contributed by atoms with Crippen LogP contribution in [0.2, 0.25) is 0 Å². The summed E-state index contributed by atoms with van der Waals surface area (Å²) in [4.78, 5) is 1.99. The van der Waals surface area contributed by atoms with Crippen LogP contribution in [0, 0.1) is 7.05 Å². The van der Waals surface area contributed by atoms with Gasteiger partial charge in [0.1, 0.15) is 6.23 Å². The number of likely N-dealkylation sites (tertiary alicyclic amines) is 1. The average molecular weight is 114 g/mol.